The number of carbonyl (C=O) groups is 1. The largest absolute Gasteiger partial charge is 0.373 e. The molecule has 2 atom stereocenters. The molecule has 1 amide bonds. The lowest BCUT2D eigenvalue weighted by Gasteiger charge is -2.35. The van der Waals surface area contributed by atoms with Gasteiger partial charge in [-0.1, -0.05) is 25.1 Å². The van der Waals surface area contributed by atoms with Crippen LogP contribution < -0.4 is 5.32 Å². The highest BCUT2D eigenvalue weighted by Gasteiger charge is 2.32. The molecule has 0 radical (unpaired) electrons. The minimum atomic E-state index is -0.00167. The van der Waals surface area contributed by atoms with Gasteiger partial charge >= 0.3 is 0 Å². The average Bonchev–Trinajstić information content (AvgIpc) is 3.24. The lowest BCUT2D eigenvalue weighted by Crippen LogP contribution is -2.50. The minimum Gasteiger partial charge on any atom is -0.373 e. The molecular formula is C20H27N3O2. The third-order valence-corrected chi connectivity index (χ3v) is 5.45. The number of aryl methyl sites for hydroxylation is 1. The van der Waals surface area contributed by atoms with Crippen molar-refractivity contribution in [1.82, 2.24) is 14.8 Å². The van der Waals surface area contributed by atoms with Crippen molar-refractivity contribution in [1.29, 1.82) is 0 Å². The van der Waals surface area contributed by atoms with Crippen molar-refractivity contribution in [2.75, 3.05) is 26.2 Å². The topological polar surface area (TPSA) is 46.5 Å². The number of nitrogens with one attached hydrogen (secondary N) is 1. The molecule has 25 heavy (non-hydrogen) atoms. The van der Waals surface area contributed by atoms with Gasteiger partial charge in [0.25, 0.3) is 5.91 Å². The van der Waals surface area contributed by atoms with Crippen molar-refractivity contribution in [3.8, 4) is 0 Å². The zero-order valence-corrected chi connectivity index (χ0v) is 14.9. The van der Waals surface area contributed by atoms with Crippen LogP contribution in [0, 0.1) is 0 Å². The summed E-state index contributed by atoms with van der Waals surface area (Å²) in [4.78, 5) is 15.3. The highest BCUT2D eigenvalue weighted by Crippen LogP contribution is 2.23. The number of rotatable bonds is 5. The second-order valence-electron chi connectivity index (χ2n) is 7.21. The van der Waals surface area contributed by atoms with Crippen molar-refractivity contribution in [2.24, 2.45) is 0 Å². The van der Waals surface area contributed by atoms with E-state index in [1.165, 1.54) is 19.4 Å². The molecule has 0 spiro atoms. The lowest BCUT2D eigenvalue weighted by atomic mass is 10.1. The van der Waals surface area contributed by atoms with Crippen LogP contribution in [0.25, 0.3) is 10.9 Å². The number of morpholine rings is 1. The Labute approximate surface area is 148 Å². The molecular weight excluding hydrogens is 314 g/mol. The van der Waals surface area contributed by atoms with Crippen LogP contribution in [-0.4, -0.2) is 53.8 Å². The summed E-state index contributed by atoms with van der Waals surface area (Å²) < 4.78 is 8.12. The number of ether oxygens (including phenoxy) is 1. The second kappa shape index (κ2) is 7.18. The van der Waals surface area contributed by atoms with Crippen molar-refractivity contribution >= 4 is 16.8 Å². The van der Waals surface area contributed by atoms with Crippen LogP contribution in [0.15, 0.2) is 30.5 Å². The number of carbonyl (C=O) groups excluding carboxylic acids is 1. The smallest absolute Gasteiger partial charge is 0.253 e. The molecule has 5 nitrogen and oxygen atoms in total. The number of benzene rings is 1. The molecule has 134 valence electrons. The first-order valence-corrected chi connectivity index (χ1v) is 9.48. The van der Waals surface area contributed by atoms with E-state index in [0.29, 0.717) is 12.6 Å². The first kappa shape index (κ1) is 16.6. The maximum atomic E-state index is 12.8. The Bertz CT molecular complexity index is 754. The summed E-state index contributed by atoms with van der Waals surface area (Å²) in [5.41, 5.74) is 1.89. The maximum absolute atomic E-state index is 12.8. The van der Waals surface area contributed by atoms with Crippen molar-refractivity contribution in [2.45, 2.75) is 44.9 Å². The monoisotopic (exact) mass is 341 g/mol. The summed E-state index contributed by atoms with van der Waals surface area (Å²) in [5, 5.41) is 4.12. The molecule has 0 saturated carbocycles. The first-order valence-electron chi connectivity index (χ1n) is 9.48. The molecule has 1 aromatic carbocycles. The Morgan fingerprint density at radius 1 is 1.36 bits per heavy atom. The molecule has 2 saturated heterocycles. The van der Waals surface area contributed by atoms with Crippen molar-refractivity contribution < 1.29 is 9.53 Å². The number of nitrogens with zero attached hydrogens (tertiary/aromatic N) is 2. The van der Waals surface area contributed by atoms with Crippen LogP contribution in [-0.2, 0) is 11.3 Å². The first-order chi connectivity index (χ1) is 12.3. The molecule has 2 fully saturated rings. The van der Waals surface area contributed by atoms with Gasteiger partial charge in [-0.3, -0.25) is 9.69 Å². The second-order valence-corrected chi connectivity index (χ2v) is 7.21. The third kappa shape index (κ3) is 3.31. The number of fused-ring (bicyclic) bond motifs is 2. The van der Waals surface area contributed by atoms with Crippen LogP contribution >= 0.6 is 0 Å². The molecule has 0 aliphatic carbocycles. The van der Waals surface area contributed by atoms with Gasteiger partial charge in [-0.05, 0) is 31.9 Å². The molecule has 5 heteroatoms. The van der Waals surface area contributed by atoms with Crippen LogP contribution in [0.3, 0.4) is 0 Å². The molecule has 1 N–H and O–H groups in total. The van der Waals surface area contributed by atoms with Crippen molar-refractivity contribution in [3.63, 3.8) is 0 Å². The quantitative estimate of drug-likeness (QED) is 0.909. The fourth-order valence-electron chi connectivity index (χ4n) is 4.16. The summed E-state index contributed by atoms with van der Waals surface area (Å²) in [6.45, 7) is 6.56. The Balaban J connectivity index is 1.43. The number of hydrogen-bond donors (Lipinski definition) is 1. The van der Waals surface area contributed by atoms with Gasteiger partial charge in [0.1, 0.15) is 0 Å². The van der Waals surface area contributed by atoms with E-state index in [2.05, 4.69) is 27.8 Å². The van der Waals surface area contributed by atoms with Gasteiger partial charge in [-0.25, -0.2) is 0 Å². The molecule has 0 unspecified atom stereocenters. The van der Waals surface area contributed by atoms with Gasteiger partial charge in [-0.2, -0.15) is 0 Å². The predicted octanol–water partition coefficient (Wildman–Crippen LogP) is 2.64. The van der Waals surface area contributed by atoms with Crippen LogP contribution in [0.2, 0.25) is 0 Å². The summed E-state index contributed by atoms with van der Waals surface area (Å²) in [5.74, 6) is -0.00167. The molecule has 3 heterocycles. The van der Waals surface area contributed by atoms with Gasteiger partial charge < -0.3 is 14.6 Å². The number of amides is 1. The van der Waals surface area contributed by atoms with E-state index in [4.69, 9.17) is 4.74 Å². The van der Waals surface area contributed by atoms with E-state index in [9.17, 15) is 4.79 Å². The average molecular weight is 341 g/mol. The van der Waals surface area contributed by atoms with E-state index in [1.807, 2.05) is 24.4 Å². The molecule has 2 aliphatic heterocycles. The van der Waals surface area contributed by atoms with Crippen LogP contribution in [0.4, 0.5) is 0 Å². The number of hydrogen-bond acceptors (Lipinski definition) is 3. The summed E-state index contributed by atoms with van der Waals surface area (Å²) >= 11 is 0. The van der Waals surface area contributed by atoms with E-state index < -0.39 is 0 Å². The summed E-state index contributed by atoms with van der Waals surface area (Å²) in [6.07, 6.45) is 5.65. The van der Waals surface area contributed by atoms with E-state index in [-0.39, 0.29) is 12.0 Å². The van der Waals surface area contributed by atoms with Gasteiger partial charge in [0, 0.05) is 42.8 Å². The van der Waals surface area contributed by atoms with E-state index in [1.54, 1.807) is 0 Å². The van der Waals surface area contributed by atoms with Gasteiger partial charge in [0.2, 0.25) is 0 Å². The number of para-hydroxylation sites is 1. The SMILES string of the molecule is CCCn1cc(C(=O)NC[C@H]2CN3CCC[C@H]3CO2)c2ccccc21. The van der Waals surface area contributed by atoms with Crippen LogP contribution in [0.1, 0.15) is 36.5 Å². The normalized spacial score (nSPS) is 23.7. The zero-order chi connectivity index (χ0) is 17.2. The van der Waals surface area contributed by atoms with Gasteiger partial charge in [0.15, 0.2) is 0 Å². The lowest BCUT2D eigenvalue weighted by molar-refractivity contribution is -0.0461. The third-order valence-electron chi connectivity index (χ3n) is 5.45. The Kier molecular flexibility index (Phi) is 4.77. The highest BCUT2D eigenvalue weighted by atomic mass is 16.5. The fourth-order valence-corrected chi connectivity index (χ4v) is 4.16. The minimum absolute atomic E-state index is 0.00167. The van der Waals surface area contributed by atoms with E-state index >= 15 is 0 Å². The van der Waals surface area contributed by atoms with Crippen LogP contribution in [0.5, 0.6) is 0 Å². The van der Waals surface area contributed by atoms with Gasteiger partial charge in [-0.15, -0.1) is 0 Å². The standard InChI is InChI=1S/C20H27N3O2/c1-2-9-23-13-18(17-7-3-4-8-19(17)23)20(24)21-11-16-12-22-10-5-6-15(22)14-25-16/h3-4,7-8,13,15-16H,2,5-6,9-12,14H2,1H3,(H,21,24)/t15-,16-/m0/s1. The van der Waals surface area contributed by atoms with E-state index in [0.717, 1.165) is 42.6 Å². The molecule has 0 bridgehead atoms. The highest BCUT2D eigenvalue weighted by molar-refractivity contribution is 6.07. The van der Waals surface area contributed by atoms with Gasteiger partial charge in [0.05, 0.1) is 18.3 Å². The molecule has 2 aromatic rings. The van der Waals surface area contributed by atoms with Crippen molar-refractivity contribution in [3.05, 3.63) is 36.0 Å². The summed E-state index contributed by atoms with van der Waals surface area (Å²) in [6, 6.07) is 8.73. The molecule has 1 aromatic heterocycles. The molecule has 2 aliphatic rings. The number of aromatic nitrogens is 1. The fraction of sp³-hybridized carbons (Fsp3) is 0.550. The summed E-state index contributed by atoms with van der Waals surface area (Å²) in [7, 11) is 0. The zero-order valence-electron chi connectivity index (χ0n) is 14.9. The maximum Gasteiger partial charge on any atom is 0.253 e. The Hall–Kier alpha value is -1.85. The predicted molar refractivity (Wildman–Crippen MR) is 98.9 cm³/mol. The Morgan fingerprint density at radius 2 is 2.24 bits per heavy atom. The Morgan fingerprint density at radius 3 is 3.12 bits per heavy atom. The molecule has 4 rings (SSSR count).